The number of nitrogens with zero attached hydrogens (tertiary/aromatic N) is 1. The maximum absolute atomic E-state index is 10.4. The van der Waals surface area contributed by atoms with E-state index >= 15 is 0 Å². The Bertz CT molecular complexity index is 386. The van der Waals surface area contributed by atoms with Gasteiger partial charge < -0.3 is 4.90 Å². The zero-order valence-corrected chi connectivity index (χ0v) is 11.9. The molecule has 0 spiro atoms. The lowest BCUT2D eigenvalue weighted by Crippen LogP contribution is -2.21. The molecule has 0 heterocycles. The second-order valence-electron chi connectivity index (χ2n) is 4.63. The SMILES string of the molecule is CCN(CC)c1ccc(C=O)cc1.O=C1CCCC1. The Morgan fingerprint density at radius 1 is 1.05 bits per heavy atom. The van der Waals surface area contributed by atoms with Crippen LogP contribution in [0.4, 0.5) is 5.69 Å². The number of Topliss-reactive ketones (excluding diaryl/α,β-unsaturated/α-hetero) is 1. The van der Waals surface area contributed by atoms with Gasteiger partial charge in [-0.05, 0) is 51.0 Å². The Morgan fingerprint density at radius 3 is 1.89 bits per heavy atom. The van der Waals surface area contributed by atoms with Crippen molar-refractivity contribution in [3.05, 3.63) is 29.8 Å². The molecule has 0 radical (unpaired) electrons. The van der Waals surface area contributed by atoms with Crippen molar-refractivity contribution in [3.63, 3.8) is 0 Å². The third kappa shape index (κ3) is 5.25. The monoisotopic (exact) mass is 261 g/mol. The van der Waals surface area contributed by atoms with Gasteiger partial charge in [0.1, 0.15) is 12.1 Å². The van der Waals surface area contributed by atoms with Gasteiger partial charge in [-0.15, -0.1) is 0 Å². The van der Waals surface area contributed by atoms with E-state index in [1.54, 1.807) is 0 Å². The van der Waals surface area contributed by atoms with E-state index in [9.17, 15) is 9.59 Å². The van der Waals surface area contributed by atoms with E-state index in [0.29, 0.717) is 5.78 Å². The Hall–Kier alpha value is -1.64. The topological polar surface area (TPSA) is 37.4 Å². The maximum Gasteiger partial charge on any atom is 0.150 e. The Morgan fingerprint density at radius 2 is 1.58 bits per heavy atom. The van der Waals surface area contributed by atoms with Crippen LogP contribution < -0.4 is 4.90 Å². The molecule has 0 aliphatic heterocycles. The molecule has 0 bridgehead atoms. The summed E-state index contributed by atoms with van der Waals surface area (Å²) in [5.41, 5.74) is 1.91. The summed E-state index contributed by atoms with van der Waals surface area (Å²) in [5.74, 6) is 0.454. The second-order valence-corrected chi connectivity index (χ2v) is 4.63. The lowest BCUT2D eigenvalue weighted by Gasteiger charge is -2.20. The third-order valence-electron chi connectivity index (χ3n) is 3.32. The number of hydrogen-bond acceptors (Lipinski definition) is 3. The van der Waals surface area contributed by atoms with Crippen molar-refractivity contribution in [2.45, 2.75) is 39.5 Å². The number of hydrogen-bond donors (Lipinski definition) is 0. The molecular formula is C16H23NO2. The summed E-state index contributed by atoms with van der Waals surface area (Å²) >= 11 is 0. The molecule has 1 aliphatic carbocycles. The molecule has 1 saturated carbocycles. The smallest absolute Gasteiger partial charge is 0.150 e. The molecule has 1 fully saturated rings. The van der Waals surface area contributed by atoms with E-state index in [-0.39, 0.29) is 0 Å². The lowest BCUT2D eigenvalue weighted by molar-refractivity contribution is -0.117. The molecular weight excluding hydrogens is 238 g/mol. The van der Waals surface area contributed by atoms with Gasteiger partial charge in [-0.2, -0.15) is 0 Å². The molecule has 1 aromatic carbocycles. The van der Waals surface area contributed by atoms with E-state index in [4.69, 9.17) is 0 Å². The number of aldehydes is 1. The van der Waals surface area contributed by atoms with Crippen LogP contribution in [-0.4, -0.2) is 25.2 Å². The highest BCUT2D eigenvalue weighted by Crippen LogP contribution is 2.13. The zero-order valence-electron chi connectivity index (χ0n) is 11.9. The van der Waals surface area contributed by atoms with Gasteiger partial charge in [0.05, 0.1) is 0 Å². The molecule has 3 nitrogen and oxygen atoms in total. The summed E-state index contributed by atoms with van der Waals surface area (Å²) in [6.45, 7) is 6.24. The van der Waals surface area contributed by atoms with Crippen LogP contribution >= 0.6 is 0 Å². The van der Waals surface area contributed by atoms with Crippen molar-refractivity contribution < 1.29 is 9.59 Å². The highest BCUT2D eigenvalue weighted by Gasteiger charge is 2.07. The molecule has 0 N–H and O–H groups in total. The molecule has 104 valence electrons. The summed E-state index contributed by atoms with van der Waals surface area (Å²) in [5, 5.41) is 0. The maximum atomic E-state index is 10.4. The third-order valence-corrected chi connectivity index (χ3v) is 3.32. The number of ketones is 1. The molecule has 2 rings (SSSR count). The van der Waals surface area contributed by atoms with E-state index in [1.807, 2.05) is 24.3 Å². The van der Waals surface area contributed by atoms with Crippen LogP contribution in [-0.2, 0) is 4.79 Å². The first kappa shape index (κ1) is 15.4. The first-order valence-electron chi connectivity index (χ1n) is 7.03. The lowest BCUT2D eigenvalue weighted by atomic mass is 10.2. The molecule has 0 amide bonds. The normalized spacial score (nSPS) is 13.7. The molecule has 1 aliphatic rings. The van der Waals surface area contributed by atoms with Gasteiger partial charge in [0.2, 0.25) is 0 Å². The number of anilines is 1. The quantitative estimate of drug-likeness (QED) is 0.779. The molecule has 3 heteroatoms. The van der Waals surface area contributed by atoms with Crippen LogP contribution in [0.1, 0.15) is 49.9 Å². The second kappa shape index (κ2) is 8.46. The van der Waals surface area contributed by atoms with Crippen molar-refractivity contribution in [1.82, 2.24) is 0 Å². The van der Waals surface area contributed by atoms with Gasteiger partial charge in [0.15, 0.2) is 0 Å². The molecule has 0 aromatic heterocycles. The Balaban J connectivity index is 0.000000250. The number of benzene rings is 1. The van der Waals surface area contributed by atoms with Crippen LogP contribution in [0.5, 0.6) is 0 Å². The summed E-state index contributed by atoms with van der Waals surface area (Å²) < 4.78 is 0. The fourth-order valence-corrected chi connectivity index (χ4v) is 2.12. The van der Waals surface area contributed by atoms with Crippen LogP contribution in [0.3, 0.4) is 0 Å². The fraction of sp³-hybridized carbons (Fsp3) is 0.500. The van der Waals surface area contributed by atoms with Crippen molar-refractivity contribution in [2.75, 3.05) is 18.0 Å². The zero-order chi connectivity index (χ0) is 14.1. The highest BCUT2D eigenvalue weighted by molar-refractivity contribution is 5.80. The summed E-state index contributed by atoms with van der Waals surface area (Å²) in [6, 6.07) is 7.66. The summed E-state index contributed by atoms with van der Waals surface area (Å²) in [7, 11) is 0. The van der Waals surface area contributed by atoms with Crippen LogP contribution in [0.15, 0.2) is 24.3 Å². The van der Waals surface area contributed by atoms with E-state index < -0.39 is 0 Å². The van der Waals surface area contributed by atoms with Gasteiger partial charge in [-0.25, -0.2) is 0 Å². The van der Waals surface area contributed by atoms with E-state index in [0.717, 1.165) is 50.6 Å². The minimum Gasteiger partial charge on any atom is -0.372 e. The Labute approximate surface area is 115 Å². The van der Waals surface area contributed by atoms with Crippen LogP contribution in [0.25, 0.3) is 0 Å². The van der Waals surface area contributed by atoms with Gasteiger partial charge in [0, 0.05) is 37.2 Å². The number of carbonyl (C=O) groups excluding carboxylic acids is 2. The van der Waals surface area contributed by atoms with Crippen LogP contribution in [0.2, 0.25) is 0 Å². The van der Waals surface area contributed by atoms with E-state index in [1.165, 1.54) is 5.69 Å². The van der Waals surface area contributed by atoms with Crippen LogP contribution in [0, 0.1) is 0 Å². The predicted molar refractivity (Wildman–Crippen MR) is 78.9 cm³/mol. The molecule has 19 heavy (non-hydrogen) atoms. The summed E-state index contributed by atoms with van der Waals surface area (Å²) in [4.78, 5) is 22.9. The first-order chi connectivity index (χ1) is 9.21. The van der Waals surface area contributed by atoms with Gasteiger partial charge >= 0.3 is 0 Å². The number of carbonyl (C=O) groups is 2. The first-order valence-corrected chi connectivity index (χ1v) is 7.03. The van der Waals surface area contributed by atoms with Crippen molar-refractivity contribution in [3.8, 4) is 0 Å². The van der Waals surface area contributed by atoms with Gasteiger partial charge in [0.25, 0.3) is 0 Å². The minimum atomic E-state index is 0.454. The molecule has 0 unspecified atom stereocenters. The largest absolute Gasteiger partial charge is 0.372 e. The predicted octanol–water partition coefficient (Wildman–Crippen LogP) is 3.47. The van der Waals surface area contributed by atoms with E-state index in [2.05, 4.69) is 18.7 Å². The summed E-state index contributed by atoms with van der Waals surface area (Å²) in [6.07, 6.45) is 4.84. The fourth-order valence-electron chi connectivity index (χ4n) is 2.12. The van der Waals surface area contributed by atoms with Gasteiger partial charge in [-0.3, -0.25) is 9.59 Å². The van der Waals surface area contributed by atoms with Gasteiger partial charge in [-0.1, -0.05) is 0 Å². The molecule has 1 aromatic rings. The average molecular weight is 261 g/mol. The highest BCUT2D eigenvalue weighted by atomic mass is 16.1. The standard InChI is InChI=1S/C11H15NO.C5H8O/c1-3-12(4-2)11-7-5-10(9-13)6-8-11;6-5-3-1-2-4-5/h5-9H,3-4H2,1-2H3;1-4H2. The Kier molecular flexibility index (Phi) is 6.86. The van der Waals surface area contributed by atoms with Crippen molar-refractivity contribution >= 4 is 17.8 Å². The van der Waals surface area contributed by atoms with Crippen molar-refractivity contribution in [2.24, 2.45) is 0 Å². The van der Waals surface area contributed by atoms with Crippen molar-refractivity contribution in [1.29, 1.82) is 0 Å². The minimum absolute atomic E-state index is 0.454. The molecule has 0 saturated heterocycles. The number of rotatable bonds is 4. The average Bonchev–Trinajstić information content (AvgIpc) is 2.93. The molecule has 0 atom stereocenters.